The van der Waals surface area contributed by atoms with Crippen molar-refractivity contribution in [1.29, 1.82) is 0 Å². The van der Waals surface area contributed by atoms with E-state index < -0.39 is 0 Å². The number of piperidine rings is 1. The first-order chi connectivity index (χ1) is 15.2. The molecule has 2 aromatic heterocycles. The van der Waals surface area contributed by atoms with Gasteiger partial charge in [-0.05, 0) is 37.0 Å². The van der Waals surface area contributed by atoms with Crippen molar-refractivity contribution in [2.45, 2.75) is 31.0 Å². The molecule has 7 nitrogen and oxygen atoms in total. The predicted octanol–water partition coefficient (Wildman–Crippen LogP) is 3.20. The van der Waals surface area contributed by atoms with Crippen molar-refractivity contribution in [3.8, 4) is 0 Å². The van der Waals surface area contributed by atoms with E-state index in [-0.39, 0.29) is 11.5 Å². The van der Waals surface area contributed by atoms with E-state index in [2.05, 4.69) is 10.2 Å². The molecule has 1 aliphatic heterocycles. The van der Waals surface area contributed by atoms with Gasteiger partial charge in [0, 0.05) is 13.1 Å². The highest BCUT2D eigenvalue weighted by molar-refractivity contribution is 7.99. The average molecular weight is 434 g/mol. The molecule has 1 aliphatic rings. The SMILES string of the molecule is O=C(CSc1nnc2n(Cc3ccccc3)c(=O)c3ccccc3n12)N1CCCCC1. The smallest absolute Gasteiger partial charge is 0.263 e. The lowest BCUT2D eigenvalue weighted by atomic mass is 10.1. The fourth-order valence-electron chi connectivity index (χ4n) is 4.10. The third-order valence-electron chi connectivity index (χ3n) is 5.70. The molecule has 0 radical (unpaired) electrons. The third-order valence-corrected chi connectivity index (χ3v) is 6.61. The zero-order chi connectivity index (χ0) is 21.2. The van der Waals surface area contributed by atoms with E-state index in [1.54, 1.807) is 4.57 Å². The van der Waals surface area contributed by atoms with Crippen LogP contribution in [0.4, 0.5) is 0 Å². The van der Waals surface area contributed by atoms with Crippen molar-refractivity contribution >= 4 is 34.3 Å². The molecule has 31 heavy (non-hydrogen) atoms. The van der Waals surface area contributed by atoms with Crippen LogP contribution in [0.25, 0.3) is 16.7 Å². The first-order valence-electron chi connectivity index (χ1n) is 10.5. The lowest BCUT2D eigenvalue weighted by Gasteiger charge is -2.26. The lowest BCUT2D eigenvalue weighted by molar-refractivity contribution is -0.129. The van der Waals surface area contributed by atoms with Gasteiger partial charge >= 0.3 is 0 Å². The number of benzene rings is 2. The van der Waals surface area contributed by atoms with Crippen LogP contribution in [0.15, 0.2) is 64.5 Å². The number of aromatic nitrogens is 4. The maximum Gasteiger partial charge on any atom is 0.263 e. The molecular formula is C23H23N5O2S. The summed E-state index contributed by atoms with van der Waals surface area (Å²) in [5, 5.41) is 9.93. The van der Waals surface area contributed by atoms with Crippen LogP contribution >= 0.6 is 11.8 Å². The van der Waals surface area contributed by atoms with Crippen molar-refractivity contribution in [2.75, 3.05) is 18.8 Å². The van der Waals surface area contributed by atoms with E-state index in [0.29, 0.717) is 28.6 Å². The fraction of sp³-hybridized carbons (Fsp3) is 0.304. The quantitative estimate of drug-likeness (QED) is 0.452. The van der Waals surface area contributed by atoms with Crippen LogP contribution in [0.5, 0.6) is 0 Å². The van der Waals surface area contributed by atoms with Crippen LogP contribution in [-0.2, 0) is 11.3 Å². The molecule has 0 N–H and O–H groups in total. The van der Waals surface area contributed by atoms with E-state index in [0.717, 1.165) is 37.0 Å². The predicted molar refractivity (Wildman–Crippen MR) is 121 cm³/mol. The Labute approximate surface area is 183 Å². The lowest BCUT2D eigenvalue weighted by Crippen LogP contribution is -2.36. The fourth-order valence-corrected chi connectivity index (χ4v) is 4.94. The molecule has 0 saturated carbocycles. The van der Waals surface area contributed by atoms with Crippen molar-refractivity contribution in [1.82, 2.24) is 24.1 Å². The minimum Gasteiger partial charge on any atom is -0.342 e. The Morgan fingerprint density at radius 3 is 2.48 bits per heavy atom. The minimum atomic E-state index is -0.0969. The van der Waals surface area contributed by atoms with Gasteiger partial charge in [-0.15, -0.1) is 10.2 Å². The largest absolute Gasteiger partial charge is 0.342 e. The number of fused-ring (bicyclic) bond motifs is 3. The molecule has 0 unspecified atom stereocenters. The minimum absolute atomic E-state index is 0.0969. The van der Waals surface area contributed by atoms with Gasteiger partial charge in [-0.25, -0.2) is 0 Å². The van der Waals surface area contributed by atoms with Gasteiger partial charge in [0.05, 0.1) is 23.2 Å². The molecule has 1 amide bonds. The van der Waals surface area contributed by atoms with Gasteiger partial charge in [-0.1, -0.05) is 54.2 Å². The highest BCUT2D eigenvalue weighted by Gasteiger charge is 2.20. The number of thioether (sulfide) groups is 1. The van der Waals surface area contributed by atoms with Crippen LogP contribution in [0.3, 0.4) is 0 Å². The van der Waals surface area contributed by atoms with Crippen LogP contribution in [0.2, 0.25) is 0 Å². The number of rotatable bonds is 5. The Bertz CT molecular complexity index is 1290. The number of amides is 1. The summed E-state index contributed by atoms with van der Waals surface area (Å²) in [6, 6.07) is 17.3. The summed E-state index contributed by atoms with van der Waals surface area (Å²) in [5.74, 6) is 0.927. The molecule has 8 heteroatoms. The van der Waals surface area contributed by atoms with Crippen molar-refractivity contribution in [3.63, 3.8) is 0 Å². The number of hydrogen-bond donors (Lipinski definition) is 0. The number of carbonyl (C=O) groups is 1. The summed E-state index contributed by atoms with van der Waals surface area (Å²) in [4.78, 5) is 27.8. The molecule has 158 valence electrons. The zero-order valence-corrected chi connectivity index (χ0v) is 17.9. The number of nitrogens with zero attached hydrogens (tertiary/aromatic N) is 5. The van der Waals surface area contributed by atoms with Gasteiger partial charge < -0.3 is 4.90 Å². The molecule has 2 aromatic carbocycles. The van der Waals surface area contributed by atoms with Gasteiger partial charge in [-0.3, -0.25) is 18.6 Å². The molecule has 5 rings (SSSR count). The summed E-state index contributed by atoms with van der Waals surface area (Å²) in [5.41, 5.74) is 1.67. The molecule has 0 spiro atoms. The van der Waals surface area contributed by atoms with Gasteiger partial charge in [-0.2, -0.15) is 0 Å². The Morgan fingerprint density at radius 2 is 1.68 bits per heavy atom. The summed E-state index contributed by atoms with van der Waals surface area (Å²) in [6.07, 6.45) is 3.33. The Balaban J connectivity index is 1.54. The molecule has 1 fully saturated rings. The second-order valence-corrected chi connectivity index (χ2v) is 8.68. The topological polar surface area (TPSA) is 72.5 Å². The summed E-state index contributed by atoms with van der Waals surface area (Å²) in [7, 11) is 0. The molecule has 0 bridgehead atoms. The summed E-state index contributed by atoms with van der Waals surface area (Å²) >= 11 is 1.38. The van der Waals surface area contributed by atoms with E-state index in [1.807, 2.05) is 63.9 Å². The van der Waals surface area contributed by atoms with Gasteiger partial charge in [0.15, 0.2) is 5.16 Å². The zero-order valence-electron chi connectivity index (χ0n) is 17.1. The monoisotopic (exact) mass is 433 g/mol. The van der Waals surface area contributed by atoms with E-state index in [4.69, 9.17) is 0 Å². The second-order valence-electron chi connectivity index (χ2n) is 7.74. The number of carbonyl (C=O) groups excluding carboxylic acids is 1. The Hall–Kier alpha value is -3.13. The summed E-state index contributed by atoms with van der Waals surface area (Å²) in [6.45, 7) is 2.07. The first kappa shape index (κ1) is 19.8. The molecule has 3 heterocycles. The first-order valence-corrected chi connectivity index (χ1v) is 11.5. The van der Waals surface area contributed by atoms with Gasteiger partial charge in [0.25, 0.3) is 5.56 Å². The Kier molecular flexibility index (Phi) is 5.46. The van der Waals surface area contributed by atoms with Crippen LogP contribution in [0.1, 0.15) is 24.8 Å². The molecular weight excluding hydrogens is 410 g/mol. The molecule has 0 aliphatic carbocycles. The van der Waals surface area contributed by atoms with Crippen molar-refractivity contribution < 1.29 is 4.79 Å². The van der Waals surface area contributed by atoms with Gasteiger partial charge in [0.1, 0.15) is 0 Å². The molecule has 0 atom stereocenters. The van der Waals surface area contributed by atoms with Gasteiger partial charge in [0.2, 0.25) is 11.7 Å². The standard InChI is InChI=1S/C23H23N5O2S/c29-20(26-13-7-2-8-14-26)16-31-23-25-24-22-27(15-17-9-3-1-4-10-17)21(30)18-11-5-6-12-19(18)28(22)23/h1,3-6,9-12H,2,7-8,13-16H2. The highest BCUT2D eigenvalue weighted by Crippen LogP contribution is 2.23. The van der Waals surface area contributed by atoms with Crippen molar-refractivity contribution in [2.24, 2.45) is 0 Å². The second kappa shape index (κ2) is 8.55. The molecule has 1 saturated heterocycles. The number of likely N-dealkylation sites (tertiary alicyclic amines) is 1. The van der Waals surface area contributed by atoms with E-state index >= 15 is 0 Å². The van der Waals surface area contributed by atoms with Crippen molar-refractivity contribution in [3.05, 3.63) is 70.5 Å². The molecule has 4 aromatic rings. The normalized spacial score (nSPS) is 14.4. The van der Waals surface area contributed by atoms with Crippen LogP contribution in [0, 0.1) is 0 Å². The number of para-hydroxylation sites is 1. The maximum absolute atomic E-state index is 13.2. The maximum atomic E-state index is 13.2. The summed E-state index contributed by atoms with van der Waals surface area (Å²) < 4.78 is 3.55. The van der Waals surface area contributed by atoms with E-state index in [9.17, 15) is 9.59 Å². The number of hydrogen-bond acceptors (Lipinski definition) is 5. The highest BCUT2D eigenvalue weighted by atomic mass is 32.2. The van der Waals surface area contributed by atoms with Crippen LogP contribution in [-0.4, -0.2) is 48.8 Å². The average Bonchev–Trinajstić information content (AvgIpc) is 3.25. The third kappa shape index (κ3) is 3.83. The van der Waals surface area contributed by atoms with E-state index in [1.165, 1.54) is 18.2 Å². The van der Waals surface area contributed by atoms with Crippen LogP contribution < -0.4 is 5.56 Å². The Morgan fingerprint density at radius 1 is 0.935 bits per heavy atom.